The minimum absolute atomic E-state index is 0.306. The summed E-state index contributed by atoms with van der Waals surface area (Å²) in [6, 6.07) is 0.563. The molecule has 0 aromatic heterocycles. The predicted molar refractivity (Wildman–Crippen MR) is 79.2 cm³/mol. The van der Waals surface area contributed by atoms with Crippen molar-refractivity contribution in [3.05, 3.63) is 0 Å². The van der Waals surface area contributed by atoms with E-state index in [-0.39, 0.29) is 0 Å². The Morgan fingerprint density at radius 1 is 1.44 bits per heavy atom. The second kappa shape index (κ2) is 8.77. The number of rotatable bonds is 7. The molecule has 1 fully saturated rings. The van der Waals surface area contributed by atoms with Crippen LogP contribution in [0, 0.1) is 0 Å². The summed E-state index contributed by atoms with van der Waals surface area (Å²) in [6.45, 7) is 6.72. The highest BCUT2D eigenvalue weighted by Gasteiger charge is 2.17. The molecule has 0 aromatic carbocycles. The van der Waals surface area contributed by atoms with Gasteiger partial charge in [-0.05, 0) is 32.4 Å². The molecule has 5 heteroatoms. The van der Waals surface area contributed by atoms with Crippen molar-refractivity contribution in [3.63, 3.8) is 0 Å². The summed E-state index contributed by atoms with van der Waals surface area (Å²) >= 11 is 1.89. The summed E-state index contributed by atoms with van der Waals surface area (Å²) in [5.74, 6) is 1.50. The Kier molecular flexibility index (Phi) is 7.70. The number of carbonyl (C=O) groups excluding carboxylic acids is 1. The van der Waals surface area contributed by atoms with E-state index in [1.54, 1.807) is 0 Å². The molecule has 1 amide bonds. The molecule has 0 radical (unpaired) electrons. The third-order valence-corrected chi connectivity index (χ3v) is 4.28. The van der Waals surface area contributed by atoms with Crippen molar-refractivity contribution in [3.8, 4) is 0 Å². The summed E-state index contributed by atoms with van der Waals surface area (Å²) in [6.07, 6.45) is 3.99. The smallest absolute Gasteiger partial charge is 0.223 e. The van der Waals surface area contributed by atoms with E-state index in [1.807, 2.05) is 16.7 Å². The summed E-state index contributed by atoms with van der Waals surface area (Å²) < 4.78 is 0. The van der Waals surface area contributed by atoms with Crippen molar-refractivity contribution in [1.82, 2.24) is 15.1 Å². The Balaban J connectivity index is 2.20. The van der Waals surface area contributed by atoms with Crippen molar-refractivity contribution >= 4 is 17.7 Å². The topological polar surface area (TPSA) is 35.6 Å². The van der Waals surface area contributed by atoms with E-state index in [9.17, 15) is 4.79 Å². The first-order valence-electron chi connectivity index (χ1n) is 6.83. The fourth-order valence-electron chi connectivity index (χ4n) is 2.07. The van der Waals surface area contributed by atoms with Crippen LogP contribution in [0.1, 0.15) is 19.8 Å². The van der Waals surface area contributed by atoms with Crippen LogP contribution in [-0.2, 0) is 4.79 Å². The van der Waals surface area contributed by atoms with E-state index in [0.717, 1.165) is 32.7 Å². The van der Waals surface area contributed by atoms with Gasteiger partial charge >= 0.3 is 0 Å². The molecule has 0 saturated carbocycles. The number of nitrogens with one attached hydrogen (secondary N) is 1. The standard InChI is InChI=1S/C13H27N3OS/c1-12(5-11-18-3)15(2)8-4-13(17)16-9-6-14-7-10-16/h12,14H,4-11H2,1-3H3. The molecule has 1 saturated heterocycles. The number of amides is 1. The SMILES string of the molecule is CSCCC(C)N(C)CCC(=O)N1CCNCC1. The van der Waals surface area contributed by atoms with Crippen molar-refractivity contribution in [2.45, 2.75) is 25.8 Å². The van der Waals surface area contributed by atoms with E-state index >= 15 is 0 Å². The Morgan fingerprint density at radius 2 is 2.11 bits per heavy atom. The molecule has 1 N–H and O–H groups in total. The Labute approximate surface area is 115 Å². The highest BCUT2D eigenvalue weighted by molar-refractivity contribution is 7.98. The molecule has 0 spiro atoms. The monoisotopic (exact) mass is 273 g/mol. The van der Waals surface area contributed by atoms with Gasteiger partial charge in [-0.25, -0.2) is 0 Å². The van der Waals surface area contributed by atoms with Gasteiger partial charge in [0.2, 0.25) is 5.91 Å². The van der Waals surface area contributed by atoms with Gasteiger partial charge in [0, 0.05) is 45.2 Å². The van der Waals surface area contributed by atoms with Gasteiger partial charge in [0.25, 0.3) is 0 Å². The van der Waals surface area contributed by atoms with E-state index in [4.69, 9.17) is 0 Å². The third kappa shape index (κ3) is 5.59. The molecule has 1 aliphatic heterocycles. The number of nitrogens with zero attached hydrogens (tertiary/aromatic N) is 2. The van der Waals surface area contributed by atoms with Crippen molar-refractivity contribution < 1.29 is 4.79 Å². The number of thioether (sulfide) groups is 1. The lowest BCUT2D eigenvalue weighted by Crippen LogP contribution is -2.47. The van der Waals surface area contributed by atoms with Gasteiger partial charge in [0.1, 0.15) is 0 Å². The molecule has 0 bridgehead atoms. The minimum atomic E-state index is 0.306. The molecular weight excluding hydrogens is 246 g/mol. The lowest BCUT2D eigenvalue weighted by atomic mass is 10.2. The fourth-order valence-corrected chi connectivity index (χ4v) is 2.65. The van der Waals surface area contributed by atoms with Gasteiger partial charge < -0.3 is 15.1 Å². The average molecular weight is 273 g/mol. The van der Waals surface area contributed by atoms with Gasteiger partial charge in [-0.1, -0.05) is 0 Å². The van der Waals surface area contributed by atoms with Crippen LogP contribution in [0.25, 0.3) is 0 Å². The van der Waals surface area contributed by atoms with Crippen LogP contribution >= 0.6 is 11.8 Å². The zero-order valence-corrected chi connectivity index (χ0v) is 12.8. The number of hydrogen-bond donors (Lipinski definition) is 1. The number of piperazine rings is 1. The Morgan fingerprint density at radius 3 is 2.72 bits per heavy atom. The van der Waals surface area contributed by atoms with E-state index in [2.05, 4.69) is 30.4 Å². The lowest BCUT2D eigenvalue weighted by Gasteiger charge is -2.29. The van der Waals surface area contributed by atoms with Crippen LogP contribution in [0.15, 0.2) is 0 Å². The molecule has 18 heavy (non-hydrogen) atoms. The van der Waals surface area contributed by atoms with Crippen LogP contribution in [-0.4, -0.2) is 73.5 Å². The van der Waals surface area contributed by atoms with Gasteiger partial charge in [0.05, 0.1) is 0 Å². The molecule has 106 valence electrons. The fraction of sp³-hybridized carbons (Fsp3) is 0.923. The Bertz CT molecular complexity index is 244. The maximum absolute atomic E-state index is 12.0. The van der Waals surface area contributed by atoms with Crippen LogP contribution in [0.4, 0.5) is 0 Å². The lowest BCUT2D eigenvalue weighted by molar-refractivity contribution is -0.132. The molecule has 0 aromatic rings. The quantitative estimate of drug-likeness (QED) is 0.747. The van der Waals surface area contributed by atoms with E-state index < -0.39 is 0 Å². The first-order chi connectivity index (χ1) is 8.65. The van der Waals surface area contributed by atoms with Crippen LogP contribution in [0.3, 0.4) is 0 Å². The highest BCUT2D eigenvalue weighted by Crippen LogP contribution is 2.07. The second-order valence-corrected chi connectivity index (χ2v) is 5.98. The largest absolute Gasteiger partial charge is 0.340 e. The zero-order chi connectivity index (χ0) is 13.4. The van der Waals surface area contributed by atoms with Gasteiger partial charge in [-0.2, -0.15) is 11.8 Å². The average Bonchev–Trinajstić information content (AvgIpc) is 2.42. The van der Waals surface area contributed by atoms with Gasteiger partial charge in [-0.15, -0.1) is 0 Å². The molecule has 1 heterocycles. The minimum Gasteiger partial charge on any atom is -0.340 e. The van der Waals surface area contributed by atoms with Gasteiger partial charge in [-0.3, -0.25) is 4.79 Å². The number of hydrogen-bond acceptors (Lipinski definition) is 4. The summed E-state index contributed by atoms with van der Waals surface area (Å²) in [7, 11) is 2.12. The van der Waals surface area contributed by atoms with Crippen LogP contribution in [0.5, 0.6) is 0 Å². The normalized spacial score (nSPS) is 18.1. The molecule has 4 nitrogen and oxygen atoms in total. The van der Waals surface area contributed by atoms with Crippen LogP contribution < -0.4 is 5.32 Å². The maximum Gasteiger partial charge on any atom is 0.223 e. The van der Waals surface area contributed by atoms with E-state index in [1.165, 1.54) is 12.2 Å². The van der Waals surface area contributed by atoms with Crippen molar-refractivity contribution in [2.75, 3.05) is 51.8 Å². The van der Waals surface area contributed by atoms with Crippen molar-refractivity contribution in [2.24, 2.45) is 0 Å². The second-order valence-electron chi connectivity index (χ2n) is 4.99. The third-order valence-electron chi connectivity index (χ3n) is 3.64. The molecule has 1 rings (SSSR count). The molecule has 1 unspecified atom stereocenters. The van der Waals surface area contributed by atoms with Gasteiger partial charge in [0.15, 0.2) is 0 Å². The zero-order valence-electron chi connectivity index (χ0n) is 11.9. The molecule has 1 aliphatic rings. The van der Waals surface area contributed by atoms with Crippen LogP contribution in [0.2, 0.25) is 0 Å². The first kappa shape index (κ1) is 15.8. The first-order valence-corrected chi connectivity index (χ1v) is 8.22. The highest BCUT2D eigenvalue weighted by atomic mass is 32.2. The van der Waals surface area contributed by atoms with E-state index in [0.29, 0.717) is 18.4 Å². The summed E-state index contributed by atoms with van der Waals surface area (Å²) in [5, 5.41) is 3.27. The summed E-state index contributed by atoms with van der Waals surface area (Å²) in [4.78, 5) is 16.3. The molecule has 1 atom stereocenters. The van der Waals surface area contributed by atoms with Crippen molar-refractivity contribution in [1.29, 1.82) is 0 Å². The predicted octanol–water partition coefficient (Wildman–Crippen LogP) is 0.882. The Hall–Kier alpha value is -0.260. The summed E-state index contributed by atoms with van der Waals surface area (Å²) in [5.41, 5.74) is 0. The number of carbonyl (C=O) groups is 1. The molecule has 0 aliphatic carbocycles. The molecular formula is C13H27N3OS. The maximum atomic E-state index is 12.0.